The number of benzene rings is 3. The molecule has 3 aromatic rings. The summed E-state index contributed by atoms with van der Waals surface area (Å²) in [6, 6.07) is 19.1. The number of carbonyl (C=O) groups excluding carboxylic acids is 3. The summed E-state index contributed by atoms with van der Waals surface area (Å²) in [5.74, 6) is -0.866. The van der Waals surface area contributed by atoms with Crippen molar-refractivity contribution < 1.29 is 19.1 Å². The molecule has 0 aliphatic carbocycles. The van der Waals surface area contributed by atoms with Gasteiger partial charge in [-0.15, -0.1) is 0 Å². The van der Waals surface area contributed by atoms with E-state index in [1.807, 2.05) is 24.3 Å². The van der Waals surface area contributed by atoms with Crippen molar-refractivity contribution in [3.63, 3.8) is 0 Å². The Morgan fingerprint density at radius 2 is 1.77 bits per heavy atom. The predicted molar refractivity (Wildman–Crippen MR) is 136 cm³/mol. The Kier molecular flexibility index (Phi) is 7.58. The first-order chi connectivity index (χ1) is 16.9. The second kappa shape index (κ2) is 10.8. The van der Waals surface area contributed by atoms with Gasteiger partial charge in [0, 0.05) is 25.1 Å². The van der Waals surface area contributed by atoms with E-state index in [9.17, 15) is 14.4 Å². The number of carbonyl (C=O) groups is 3. The van der Waals surface area contributed by atoms with Crippen molar-refractivity contribution in [2.24, 2.45) is 5.92 Å². The van der Waals surface area contributed by atoms with Gasteiger partial charge in [-0.05, 0) is 30.3 Å². The lowest BCUT2D eigenvalue weighted by Gasteiger charge is -2.19. The van der Waals surface area contributed by atoms with Crippen molar-refractivity contribution in [2.75, 3.05) is 23.9 Å². The molecule has 35 heavy (non-hydrogen) atoms. The van der Waals surface area contributed by atoms with E-state index in [2.05, 4.69) is 10.6 Å². The van der Waals surface area contributed by atoms with Gasteiger partial charge in [-0.3, -0.25) is 14.4 Å². The largest absolute Gasteiger partial charge is 0.496 e. The first-order valence-electron chi connectivity index (χ1n) is 10.9. The van der Waals surface area contributed by atoms with Crippen molar-refractivity contribution in [3.05, 3.63) is 87.9 Å². The van der Waals surface area contributed by atoms with Crippen LogP contribution in [0.25, 0.3) is 0 Å². The lowest BCUT2D eigenvalue weighted by Crippen LogP contribution is -2.29. The fourth-order valence-corrected chi connectivity index (χ4v) is 4.36. The van der Waals surface area contributed by atoms with Gasteiger partial charge < -0.3 is 20.3 Å². The Hall–Kier alpha value is -3.55. The van der Waals surface area contributed by atoms with E-state index in [1.165, 1.54) is 4.90 Å². The van der Waals surface area contributed by atoms with Crippen LogP contribution in [0.15, 0.2) is 66.7 Å². The van der Waals surface area contributed by atoms with Crippen LogP contribution in [0.4, 0.5) is 11.4 Å². The predicted octanol–water partition coefficient (Wildman–Crippen LogP) is 4.92. The standard InChI is InChI=1S/C26H23Cl2N3O4/c1-35-22-12-5-2-7-16(22)14-29-26(34)18-8-3-4-10-20(18)30-25(33)17-13-23(32)31(15-17)21-11-6-9-19(27)24(21)28/h2-12,17H,13-15H2,1H3,(H,29,34)(H,30,33)/t17-/m1/s1. The highest BCUT2D eigenvalue weighted by Gasteiger charge is 2.36. The van der Waals surface area contributed by atoms with Crippen LogP contribution in [0.2, 0.25) is 10.0 Å². The molecule has 7 nitrogen and oxygen atoms in total. The minimum Gasteiger partial charge on any atom is -0.496 e. The van der Waals surface area contributed by atoms with E-state index in [0.717, 1.165) is 5.56 Å². The normalized spacial score (nSPS) is 15.1. The van der Waals surface area contributed by atoms with Crippen LogP contribution >= 0.6 is 23.2 Å². The first kappa shape index (κ1) is 24.6. The SMILES string of the molecule is COc1ccccc1CNC(=O)c1ccccc1NC(=O)[C@@H]1CC(=O)N(c2cccc(Cl)c2Cl)C1. The zero-order valence-corrected chi connectivity index (χ0v) is 20.4. The molecule has 4 rings (SSSR count). The summed E-state index contributed by atoms with van der Waals surface area (Å²) in [6.07, 6.45) is 0.0246. The Balaban J connectivity index is 1.44. The molecule has 0 bridgehead atoms. The molecule has 1 aliphatic rings. The number of methoxy groups -OCH3 is 1. The van der Waals surface area contributed by atoms with Gasteiger partial charge >= 0.3 is 0 Å². The number of ether oxygens (including phenoxy) is 1. The van der Waals surface area contributed by atoms with E-state index >= 15 is 0 Å². The highest BCUT2D eigenvalue weighted by Crippen LogP contribution is 2.36. The molecule has 0 unspecified atom stereocenters. The summed E-state index contributed by atoms with van der Waals surface area (Å²) in [7, 11) is 1.57. The van der Waals surface area contributed by atoms with E-state index in [1.54, 1.807) is 49.6 Å². The van der Waals surface area contributed by atoms with Crippen LogP contribution in [-0.2, 0) is 16.1 Å². The molecule has 3 aromatic carbocycles. The van der Waals surface area contributed by atoms with Gasteiger partial charge in [0.15, 0.2) is 0 Å². The molecule has 0 radical (unpaired) electrons. The van der Waals surface area contributed by atoms with Crippen molar-refractivity contribution in [1.82, 2.24) is 5.32 Å². The Morgan fingerprint density at radius 3 is 2.57 bits per heavy atom. The molecule has 0 saturated carbocycles. The molecule has 1 atom stereocenters. The number of hydrogen-bond acceptors (Lipinski definition) is 4. The molecule has 2 N–H and O–H groups in total. The fraction of sp³-hybridized carbons (Fsp3) is 0.192. The van der Waals surface area contributed by atoms with Crippen molar-refractivity contribution in [2.45, 2.75) is 13.0 Å². The second-order valence-electron chi connectivity index (χ2n) is 8.01. The molecular weight excluding hydrogens is 489 g/mol. The van der Waals surface area contributed by atoms with Crippen LogP contribution in [0.3, 0.4) is 0 Å². The highest BCUT2D eigenvalue weighted by atomic mass is 35.5. The van der Waals surface area contributed by atoms with Crippen LogP contribution in [-0.4, -0.2) is 31.4 Å². The molecule has 0 spiro atoms. The third-order valence-corrected chi connectivity index (χ3v) is 6.59. The molecular formula is C26H23Cl2N3O4. The fourth-order valence-electron chi connectivity index (χ4n) is 3.96. The Morgan fingerprint density at radius 1 is 1.03 bits per heavy atom. The van der Waals surface area contributed by atoms with Gasteiger partial charge in [0.1, 0.15) is 5.75 Å². The van der Waals surface area contributed by atoms with Gasteiger partial charge in [0.25, 0.3) is 5.91 Å². The second-order valence-corrected chi connectivity index (χ2v) is 8.79. The summed E-state index contributed by atoms with van der Waals surface area (Å²) in [6.45, 7) is 0.421. The minimum atomic E-state index is -0.609. The number of hydrogen-bond donors (Lipinski definition) is 2. The molecule has 1 heterocycles. The van der Waals surface area contributed by atoms with E-state index < -0.39 is 5.92 Å². The van der Waals surface area contributed by atoms with Gasteiger partial charge in [-0.25, -0.2) is 0 Å². The van der Waals surface area contributed by atoms with Crippen molar-refractivity contribution in [1.29, 1.82) is 0 Å². The van der Waals surface area contributed by atoms with Crippen LogP contribution in [0.1, 0.15) is 22.3 Å². The Labute approximate surface area is 213 Å². The smallest absolute Gasteiger partial charge is 0.253 e. The van der Waals surface area contributed by atoms with E-state index in [-0.39, 0.29) is 42.3 Å². The van der Waals surface area contributed by atoms with E-state index in [4.69, 9.17) is 27.9 Å². The number of halogens is 2. The van der Waals surface area contributed by atoms with E-state index in [0.29, 0.717) is 27.7 Å². The molecule has 180 valence electrons. The quantitative estimate of drug-likeness (QED) is 0.471. The minimum absolute atomic E-state index is 0.0246. The Bertz CT molecular complexity index is 1280. The molecule has 0 aromatic heterocycles. The number of amides is 3. The number of rotatable bonds is 7. The zero-order valence-electron chi connectivity index (χ0n) is 18.9. The average Bonchev–Trinajstić information content (AvgIpc) is 3.26. The van der Waals surface area contributed by atoms with Crippen LogP contribution in [0, 0.1) is 5.92 Å². The van der Waals surface area contributed by atoms with Gasteiger partial charge in [0.2, 0.25) is 11.8 Å². The third kappa shape index (κ3) is 5.42. The summed E-state index contributed by atoms with van der Waals surface area (Å²) < 4.78 is 5.32. The maximum atomic E-state index is 13.0. The number of nitrogens with zero attached hydrogens (tertiary/aromatic N) is 1. The summed E-state index contributed by atoms with van der Waals surface area (Å²) >= 11 is 12.3. The van der Waals surface area contributed by atoms with Gasteiger partial charge in [0.05, 0.1) is 40.0 Å². The topological polar surface area (TPSA) is 87.7 Å². The lowest BCUT2D eigenvalue weighted by atomic mass is 10.1. The molecule has 1 saturated heterocycles. The van der Waals surface area contributed by atoms with Crippen LogP contribution in [0.5, 0.6) is 5.75 Å². The number of anilines is 2. The third-order valence-electron chi connectivity index (χ3n) is 5.78. The number of nitrogens with one attached hydrogen (secondary N) is 2. The number of para-hydroxylation sites is 2. The monoisotopic (exact) mass is 511 g/mol. The molecule has 9 heteroatoms. The average molecular weight is 512 g/mol. The maximum Gasteiger partial charge on any atom is 0.253 e. The highest BCUT2D eigenvalue weighted by molar-refractivity contribution is 6.44. The molecule has 3 amide bonds. The lowest BCUT2D eigenvalue weighted by molar-refractivity contribution is -0.122. The summed E-state index contributed by atoms with van der Waals surface area (Å²) in [5.41, 5.74) is 1.97. The van der Waals surface area contributed by atoms with Crippen molar-refractivity contribution >= 4 is 52.3 Å². The summed E-state index contributed by atoms with van der Waals surface area (Å²) in [4.78, 5) is 40.0. The van der Waals surface area contributed by atoms with Crippen LogP contribution < -0.4 is 20.3 Å². The first-order valence-corrected chi connectivity index (χ1v) is 11.7. The van der Waals surface area contributed by atoms with Gasteiger partial charge in [-0.1, -0.05) is 59.6 Å². The molecule has 1 fully saturated rings. The van der Waals surface area contributed by atoms with Gasteiger partial charge in [-0.2, -0.15) is 0 Å². The maximum absolute atomic E-state index is 13.0. The van der Waals surface area contributed by atoms with Crippen molar-refractivity contribution in [3.8, 4) is 5.75 Å². The zero-order chi connectivity index (χ0) is 24.9. The summed E-state index contributed by atoms with van der Waals surface area (Å²) in [5, 5.41) is 6.27. The molecule has 1 aliphatic heterocycles.